The van der Waals surface area contributed by atoms with Crippen molar-refractivity contribution in [3.05, 3.63) is 12.7 Å². The fourth-order valence-electron chi connectivity index (χ4n) is 5.50. The van der Waals surface area contributed by atoms with Crippen LogP contribution in [-0.4, -0.2) is 81.1 Å². The molecule has 0 bridgehead atoms. The molecule has 0 aromatic carbocycles. The highest BCUT2D eigenvalue weighted by molar-refractivity contribution is 6.83. The zero-order valence-electron chi connectivity index (χ0n) is 32.7. The fraction of sp³-hybridized carbons (Fsp3) is 0.882. The average molecular weight is 705 g/mol. The lowest BCUT2D eigenvalue weighted by Gasteiger charge is -2.50. The summed E-state index contributed by atoms with van der Waals surface area (Å²) in [7, 11) is -8.71. The van der Waals surface area contributed by atoms with E-state index in [0.29, 0.717) is 19.4 Å². The summed E-state index contributed by atoms with van der Waals surface area (Å²) in [4.78, 5) is 28.0. The Balaban J connectivity index is 6.23. The molecule has 0 aromatic rings. The number of ether oxygens (including phenoxy) is 3. The highest BCUT2D eigenvalue weighted by Gasteiger charge is 2.57. The lowest BCUT2D eigenvalue weighted by molar-refractivity contribution is -0.167. The summed E-state index contributed by atoms with van der Waals surface area (Å²) in [5.74, 6) is -0.644. The second-order valence-electron chi connectivity index (χ2n) is 16.7. The van der Waals surface area contributed by atoms with Crippen molar-refractivity contribution in [2.45, 2.75) is 173 Å². The summed E-state index contributed by atoms with van der Waals surface area (Å²) in [6, 6.07) is 0. The van der Waals surface area contributed by atoms with Crippen molar-refractivity contribution in [2.24, 2.45) is 0 Å². The smallest absolute Gasteiger partial charge is 0.311 e. The first-order valence-electron chi connectivity index (χ1n) is 17.1. The second-order valence-corrected chi connectivity index (χ2v) is 36.5. The minimum absolute atomic E-state index is 0.0922. The van der Waals surface area contributed by atoms with E-state index in [0.717, 1.165) is 12.8 Å². The summed E-state index contributed by atoms with van der Waals surface area (Å²) in [6.45, 7) is 43.2. The molecule has 0 N–H and O–H groups in total. The molecule has 0 saturated heterocycles. The molecule has 7 nitrogen and oxygen atoms in total. The average Bonchev–Trinajstić information content (AvgIpc) is 2.92. The molecule has 0 saturated carbocycles. The molecular weight excluding hydrogens is 633 g/mol. The topological polar surface area (TPSA) is 80.3 Å². The van der Waals surface area contributed by atoms with E-state index in [1.165, 1.54) is 0 Å². The first kappa shape index (κ1) is 44.4. The summed E-state index contributed by atoms with van der Waals surface area (Å²) >= 11 is 0. The third-order valence-electron chi connectivity index (χ3n) is 11.7. The molecule has 45 heavy (non-hydrogen) atoms. The van der Waals surface area contributed by atoms with Crippen LogP contribution in [-0.2, 0) is 32.7 Å². The van der Waals surface area contributed by atoms with E-state index in [9.17, 15) is 9.59 Å². The molecule has 0 radical (unpaired) electrons. The highest BCUT2D eigenvalue weighted by atomic mass is 28.4. The maximum Gasteiger partial charge on any atom is 0.311 e. The summed E-state index contributed by atoms with van der Waals surface area (Å²) < 4.78 is 32.0. The van der Waals surface area contributed by atoms with Crippen molar-refractivity contribution in [1.29, 1.82) is 0 Å². The molecule has 0 heterocycles. The highest BCUT2D eigenvalue weighted by Crippen LogP contribution is 2.48. The minimum atomic E-state index is -2.65. The first-order valence-corrected chi connectivity index (χ1v) is 29.9. The molecule has 5 unspecified atom stereocenters. The normalized spacial score (nSPS) is 19.3. The van der Waals surface area contributed by atoms with Gasteiger partial charge in [-0.2, -0.15) is 0 Å². The number of rotatable bonds is 21. The molecule has 0 rings (SSSR count). The van der Waals surface area contributed by atoms with Crippen LogP contribution in [0.25, 0.3) is 0 Å². The Bertz CT molecular complexity index is 990. The zero-order chi connectivity index (χ0) is 35.9. The first-order chi connectivity index (χ1) is 20.1. The van der Waals surface area contributed by atoms with Gasteiger partial charge in [-0.3, -0.25) is 9.59 Å². The van der Waals surface area contributed by atoms with E-state index in [4.69, 9.17) is 23.1 Å². The zero-order valence-corrected chi connectivity index (χ0v) is 36.7. The van der Waals surface area contributed by atoms with Crippen LogP contribution in [0.1, 0.15) is 81.1 Å². The maximum absolute atomic E-state index is 14.1. The van der Waals surface area contributed by atoms with Gasteiger partial charge in [-0.05, 0) is 79.6 Å². The molecule has 0 aliphatic rings. The number of hydrogen-bond donors (Lipinski definition) is 0. The van der Waals surface area contributed by atoms with E-state index in [1.807, 2.05) is 27.7 Å². The van der Waals surface area contributed by atoms with Crippen LogP contribution >= 0.6 is 0 Å². The van der Waals surface area contributed by atoms with Gasteiger partial charge in [0.05, 0.1) is 39.4 Å². The Kier molecular flexibility index (Phi) is 16.0. The van der Waals surface area contributed by atoms with Gasteiger partial charge in [0.25, 0.3) is 0 Å². The van der Waals surface area contributed by atoms with Gasteiger partial charge in [-0.1, -0.05) is 73.1 Å². The Labute approximate surface area is 282 Å². The van der Waals surface area contributed by atoms with Crippen molar-refractivity contribution in [2.75, 3.05) is 19.8 Å². The third-order valence-corrected chi connectivity index (χ3v) is 27.7. The predicted molar refractivity (Wildman–Crippen MR) is 200 cm³/mol. The lowest BCUT2D eigenvalue weighted by Crippen LogP contribution is -2.61. The maximum atomic E-state index is 14.1. The van der Waals surface area contributed by atoms with E-state index < -0.39 is 49.0 Å². The molecule has 11 heteroatoms. The van der Waals surface area contributed by atoms with Crippen LogP contribution in [0.3, 0.4) is 0 Å². The van der Waals surface area contributed by atoms with Crippen molar-refractivity contribution in [3.63, 3.8) is 0 Å². The van der Waals surface area contributed by atoms with Crippen LogP contribution in [0.15, 0.2) is 12.7 Å². The predicted octanol–water partition coefficient (Wildman–Crippen LogP) is 9.52. The van der Waals surface area contributed by atoms with Gasteiger partial charge in [-0.25, -0.2) is 0 Å². The quantitative estimate of drug-likeness (QED) is 0.0510. The Morgan fingerprint density at radius 2 is 1.02 bits per heavy atom. The van der Waals surface area contributed by atoms with Gasteiger partial charge < -0.3 is 23.1 Å². The van der Waals surface area contributed by atoms with Crippen LogP contribution < -0.4 is 0 Å². The molecule has 0 spiro atoms. The van der Waals surface area contributed by atoms with Gasteiger partial charge >= 0.3 is 11.9 Å². The van der Waals surface area contributed by atoms with Gasteiger partial charge in [-0.15, -0.1) is 6.58 Å². The fourth-order valence-corrected chi connectivity index (χ4v) is 17.4. The van der Waals surface area contributed by atoms with Crippen molar-refractivity contribution in [3.8, 4) is 0 Å². The number of carbonyl (C=O) groups is 2. The SMILES string of the molecule is C=CCOCC(COC(=O)C(C)(CC)[Si](C)(C)OC(C)(CC)[Si](C)(C)C)OC(=O)C(C)(CC)[Si](C)(C)OC(C)(CC)[Si](C)(C)C. The van der Waals surface area contributed by atoms with Crippen LogP contribution in [0, 0.1) is 0 Å². The Morgan fingerprint density at radius 1 is 0.644 bits per heavy atom. The standard InChI is InChI=1S/C34H72O7Si4/c1-20-25-37-26-28(39-30(36)32(7,22-3)45(18,19)41-34(9,24-5)43(13,14)15)27-38-29(35)31(6,21-2)44(16,17)40-33(8,23-4)42(10,11)12/h20,28H,1,21-27H2,2-19H3. The molecule has 0 aliphatic heterocycles. The summed E-state index contributed by atoms with van der Waals surface area (Å²) in [5, 5.41) is -2.13. The van der Waals surface area contributed by atoms with Gasteiger partial charge in [0.1, 0.15) is 6.61 Å². The third kappa shape index (κ3) is 10.2. The van der Waals surface area contributed by atoms with Crippen LogP contribution in [0.5, 0.6) is 0 Å². The van der Waals surface area contributed by atoms with Crippen molar-refractivity contribution in [1.82, 2.24) is 0 Å². The largest absolute Gasteiger partial charge is 0.461 e. The van der Waals surface area contributed by atoms with E-state index in [1.54, 1.807) is 6.08 Å². The van der Waals surface area contributed by atoms with Crippen LogP contribution in [0.2, 0.25) is 75.5 Å². The number of hydrogen-bond acceptors (Lipinski definition) is 7. The summed E-state index contributed by atoms with van der Waals surface area (Å²) in [5.41, 5.74) is 0. The van der Waals surface area contributed by atoms with Gasteiger partial charge in [0, 0.05) is 10.4 Å². The van der Waals surface area contributed by atoms with E-state index in [2.05, 4.69) is 99.7 Å². The molecule has 5 atom stereocenters. The minimum Gasteiger partial charge on any atom is -0.461 e. The van der Waals surface area contributed by atoms with Crippen LogP contribution in [0.4, 0.5) is 0 Å². The van der Waals surface area contributed by atoms with E-state index in [-0.39, 0.29) is 35.6 Å². The molecular formula is C34H72O7Si4. The number of carbonyl (C=O) groups excluding carboxylic acids is 2. The Morgan fingerprint density at radius 3 is 1.33 bits per heavy atom. The second kappa shape index (κ2) is 16.2. The van der Waals surface area contributed by atoms with Crippen molar-refractivity contribution < 1.29 is 32.7 Å². The Hall–Kier alpha value is -0.572. The molecule has 0 amide bonds. The van der Waals surface area contributed by atoms with Gasteiger partial charge in [0.15, 0.2) is 6.10 Å². The summed E-state index contributed by atoms with van der Waals surface area (Å²) in [6.07, 6.45) is 3.83. The molecule has 0 aromatic heterocycles. The number of esters is 2. The monoisotopic (exact) mass is 704 g/mol. The molecule has 266 valence electrons. The molecule has 0 fully saturated rings. The lowest BCUT2D eigenvalue weighted by atomic mass is 10.1. The molecule has 0 aliphatic carbocycles. The van der Waals surface area contributed by atoms with Gasteiger partial charge in [0.2, 0.25) is 16.6 Å². The van der Waals surface area contributed by atoms with E-state index >= 15 is 0 Å². The van der Waals surface area contributed by atoms with Crippen molar-refractivity contribution >= 4 is 44.7 Å².